The number of carbonyl (C=O) groups is 1. The number of thiazole rings is 1. The van der Waals surface area contributed by atoms with Crippen molar-refractivity contribution in [1.29, 1.82) is 0 Å². The topological polar surface area (TPSA) is 90.2 Å². The summed E-state index contributed by atoms with van der Waals surface area (Å²) < 4.78 is 41.4. The second-order valence-corrected chi connectivity index (χ2v) is 11.5. The number of nitrogens with zero attached hydrogens (tertiary/aromatic N) is 3. The van der Waals surface area contributed by atoms with E-state index in [4.69, 9.17) is 9.47 Å². The third-order valence-corrected chi connectivity index (χ3v) is 8.74. The number of hydrogen-bond donors (Lipinski definition) is 0. The van der Waals surface area contributed by atoms with Gasteiger partial charge in [-0.1, -0.05) is 41.7 Å². The molecule has 0 N–H and O–H groups in total. The van der Waals surface area contributed by atoms with Crippen molar-refractivity contribution >= 4 is 37.5 Å². The van der Waals surface area contributed by atoms with Crippen LogP contribution in [0.5, 0.6) is 5.75 Å². The van der Waals surface area contributed by atoms with Gasteiger partial charge in [-0.15, -0.1) is 0 Å². The average Bonchev–Trinajstić information content (AvgIpc) is 3.25. The van der Waals surface area contributed by atoms with Gasteiger partial charge in [0.1, 0.15) is 5.75 Å². The Balaban J connectivity index is 1.60. The number of benzene rings is 3. The van der Waals surface area contributed by atoms with Gasteiger partial charge >= 0.3 is 0 Å². The lowest BCUT2D eigenvalue weighted by Gasteiger charge is -2.17. The summed E-state index contributed by atoms with van der Waals surface area (Å²) in [7, 11) is -2.18. The highest BCUT2D eigenvalue weighted by atomic mass is 32.2. The molecule has 38 heavy (non-hydrogen) atoms. The van der Waals surface area contributed by atoms with E-state index in [0.717, 1.165) is 21.5 Å². The molecule has 0 bridgehead atoms. The maximum Gasteiger partial charge on any atom is 0.279 e. The summed E-state index contributed by atoms with van der Waals surface area (Å²) >= 11 is 1.39. The molecule has 0 radical (unpaired) electrons. The molecule has 1 heterocycles. The van der Waals surface area contributed by atoms with Gasteiger partial charge in [0.15, 0.2) is 4.80 Å². The molecule has 200 valence electrons. The fraction of sp³-hybridized carbons (Fsp3) is 0.286. The van der Waals surface area contributed by atoms with Crippen molar-refractivity contribution in [3.63, 3.8) is 0 Å². The number of amides is 1. The van der Waals surface area contributed by atoms with Crippen molar-refractivity contribution in [2.75, 3.05) is 26.9 Å². The first kappa shape index (κ1) is 27.7. The van der Waals surface area contributed by atoms with E-state index in [1.54, 1.807) is 0 Å². The molecule has 0 aliphatic rings. The van der Waals surface area contributed by atoms with Gasteiger partial charge in [0, 0.05) is 32.3 Å². The Bertz CT molecular complexity index is 1560. The van der Waals surface area contributed by atoms with Crippen molar-refractivity contribution in [3.05, 3.63) is 88.7 Å². The van der Waals surface area contributed by atoms with Gasteiger partial charge in [-0.3, -0.25) is 4.79 Å². The van der Waals surface area contributed by atoms with Crippen LogP contribution in [-0.4, -0.2) is 50.1 Å². The summed E-state index contributed by atoms with van der Waals surface area (Å²) in [6.07, 6.45) is 0. The van der Waals surface area contributed by atoms with Crippen LogP contribution in [0.1, 0.15) is 29.8 Å². The summed E-state index contributed by atoms with van der Waals surface area (Å²) in [4.78, 5) is 18.1. The molecule has 0 saturated carbocycles. The van der Waals surface area contributed by atoms with Gasteiger partial charge in [-0.05, 0) is 61.9 Å². The first-order chi connectivity index (χ1) is 18.3. The monoisotopic (exact) mass is 553 g/mol. The number of aromatic nitrogens is 1. The van der Waals surface area contributed by atoms with E-state index in [1.807, 2.05) is 66.9 Å². The standard InChI is InChI=1S/C28H31N3O5S2/c1-4-35-18-17-31-25-16-13-23(36-5-2)19-26(25)37-28(31)29-27(32)22-11-14-24(15-12-22)38(33,34)30(3)20-21-9-7-6-8-10-21/h6-16,19H,4-5,17-18,20H2,1-3H3. The van der Waals surface area contributed by atoms with Crippen LogP contribution in [0.3, 0.4) is 0 Å². The molecule has 0 atom stereocenters. The second kappa shape index (κ2) is 12.5. The molecular formula is C28H31N3O5S2. The SMILES string of the molecule is CCOCCn1c(=NC(=O)c2ccc(S(=O)(=O)N(C)Cc3ccccc3)cc2)sc2cc(OCC)ccc21. The number of fused-ring (bicyclic) bond motifs is 1. The first-order valence-electron chi connectivity index (χ1n) is 12.4. The molecule has 4 aromatic rings. The molecule has 0 fully saturated rings. The van der Waals surface area contributed by atoms with Crippen LogP contribution in [0.15, 0.2) is 82.7 Å². The number of ether oxygens (including phenoxy) is 2. The molecule has 3 aromatic carbocycles. The number of carbonyl (C=O) groups excluding carboxylic acids is 1. The van der Waals surface area contributed by atoms with Crippen molar-refractivity contribution in [3.8, 4) is 5.75 Å². The summed E-state index contributed by atoms with van der Waals surface area (Å²) in [6.45, 7) is 6.29. The van der Waals surface area contributed by atoms with E-state index in [0.29, 0.717) is 36.7 Å². The smallest absolute Gasteiger partial charge is 0.279 e. The van der Waals surface area contributed by atoms with E-state index < -0.39 is 15.9 Å². The van der Waals surface area contributed by atoms with Crippen molar-refractivity contribution in [2.45, 2.75) is 31.8 Å². The van der Waals surface area contributed by atoms with E-state index in [1.165, 1.54) is 47.0 Å². The minimum Gasteiger partial charge on any atom is -0.494 e. The Morgan fingerprint density at radius 2 is 1.74 bits per heavy atom. The number of hydrogen-bond acceptors (Lipinski definition) is 6. The highest BCUT2D eigenvalue weighted by molar-refractivity contribution is 7.89. The van der Waals surface area contributed by atoms with Gasteiger partial charge in [0.05, 0.1) is 28.3 Å². The largest absolute Gasteiger partial charge is 0.494 e. The molecule has 4 rings (SSSR count). The fourth-order valence-corrected chi connectivity index (χ4v) is 6.18. The summed E-state index contributed by atoms with van der Waals surface area (Å²) in [5.41, 5.74) is 2.13. The minimum absolute atomic E-state index is 0.115. The number of sulfonamides is 1. The van der Waals surface area contributed by atoms with Crippen LogP contribution in [0.2, 0.25) is 0 Å². The third kappa shape index (κ3) is 6.39. The summed E-state index contributed by atoms with van der Waals surface area (Å²) in [5, 5.41) is 0. The van der Waals surface area contributed by atoms with E-state index in [2.05, 4.69) is 4.99 Å². The van der Waals surface area contributed by atoms with Crippen LogP contribution in [0, 0.1) is 0 Å². The zero-order valence-electron chi connectivity index (χ0n) is 21.7. The van der Waals surface area contributed by atoms with Gasteiger partial charge in [0.2, 0.25) is 10.0 Å². The average molecular weight is 554 g/mol. The zero-order valence-corrected chi connectivity index (χ0v) is 23.3. The maximum absolute atomic E-state index is 13.1. The second-order valence-electron chi connectivity index (χ2n) is 8.48. The molecule has 10 heteroatoms. The fourth-order valence-electron chi connectivity index (χ4n) is 3.94. The van der Waals surface area contributed by atoms with Crippen LogP contribution in [-0.2, 0) is 27.8 Å². The Kier molecular flexibility index (Phi) is 9.11. The van der Waals surface area contributed by atoms with Gasteiger partial charge in [-0.2, -0.15) is 9.30 Å². The molecule has 1 aromatic heterocycles. The quantitative estimate of drug-likeness (QED) is 0.251. The molecule has 1 amide bonds. The van der Waals surface area contributed by atoms with E-state index >= 15 is 0 Å². The molecule has 0 unspecified atom stereocenters. The molecular weight excluding hydrogens is 522 g/mol. The van der Waals surface area contributed by atoms with Crippen LogP contribution < -0.4 is 9.54 Å². The van der Waals surface area contributed by atoms with E-state index in [9.17, 15) is 13.2 Å². The Hall–Kier alpha value is -3.31. The van der Waals surface area contributed by atoms with Gasteiger partial charge in [0.25, 0.3) is 5.91 Å². The Morgan fingerprint density at radius 1 is 1.00 bits per heavy atom. The van der Waals surface area contributed by atoms with Crippen molar-refractivity contribution < 1.29 is 22.7 Å². The van der Waals surface area contributed by atoms with Crippen LogP contribution >= 0.6 is 11.3 Å². The molecule has 0 aliphatic carbocycles. The number of rotatable bonds is 11. The Labute approximate surface area is 226 Å². The normalized spacial score (nSPS) is 12.4. The zero-order chi connectivity index (χ0) is 27.1. The third-order valence-electron chi connectivity index (χ3n) is 5.88. The van der Waals surface area contributed by atoms with Crippen molar-refractivity contribution in [2.24, 2.45) is 4.99 Å². The predicted molar refractivity (Wildman–Crippen MR) is 149 cm³/mol. The van der Waals surface area contributed by atoms with E-state index in [-0.39, 0.29) is 11.4 Å². The lowest BCUT2D eigenvalue weighted by atomic mass is 10.2. The summed E-state index contributed by atoms with van der Waals surface area (Å²) in [5.74, 6) is 0.304. The minimum atomic E-state index is -3.72. The summed E-state index contributed by atoms with van der Waals surface area (Å²) in [6, 6.07) is 21.1. The predicted octanol–water partition coefficient (Wildman–Crippen LogP) is 4.70. The van der Waals surface area contributed by atoms with Gasteiger partial charge < -0.3 is 14.0 Å². The molecule has 0 saturated heterocycles. The molecule has 0 spiro atoms. The van der Waals surface area contributed by atoms with Crippen LogP contribution in [0.25, 0.3) is 10.2 Å². The highest BCUT2D eigenvalue weighted by Crippen LogP contribution is 2.24. The molecule has 0 aliphatic heterocycles. The van der Waals surface area contributed by atoms with Crippen molar-refractivity contribution in [1.82, 2.24) is 8.87 Å². The maximum atomic E-state index is 13.1. The lowest BCUT2D eigenvalue weighted by molar-refractivity contribution is 0.0996. The van der Waals surface area contributed by atoms with Gasteiger partial charge in [-0.25, -0.2) is 8.42 Å². The first-order valence-corrected chi connectivity index (χ1v) is 14.6. The molecule has 8 nitrogen and oxygen atoms in total. The highest BCUT2D eigenvalue weighted by Gasteiger charge is 2.21. The van der Waals surface area contributed by atoms with Crippen LogP contribution in [0.4, 0.5) is 0 Å². The lowest BCUT2D eigenvalue weighted by Crippen LogP contribution is -2.26. The Morgan fingerprint density at radius 3 is 2.42 bits per heavy atom.